The predicted octanol–water partition coefficient (Wildman–Crippen LogP) is 23.7. The van der Waals surface area contributed by atoms with E-state index in [9.17, 15) is 25.2 Å². The predicted molar refractivity (Wildman–Crippen MR) is 358 cm³/mol. The zero-order valence-electron chi connectivity index (χ0n) is 55.6. The zero-order valence-corrected chi connectivity index (χ0v) is 55.6. The Balaban J connectivity index is 3.46. The molecule has 0 fully saturated rings. The van der Waals surface area contributed by atoms with Gasteiger partial charge < -0.3 is 25.7 Å². The van der Waals surface area contributed by atoms with Crippen molar-refractivity contribution in [2.75, 3.05) is 6.61 Å². The van der Waals surface area contributed by atoms with Crippen molar-refractivity contribution < 1.29 is 25.2 Å². The van der Waals surface area contributed by atoms with Crippen molar-refractivity contribution in [3.05, 3.63) is 0 Å². The van der Waals surface area contributed by atoms with Gasteiger partial charge in [-0.05, 0) is 12.8 Å². The molecule has 0 saturated carbocycles. The summed E-state index contributed by atoms with van der Waals surface area (Å²) in [7, 11) is 0. The SMILES string of the molecule is CCCCCCCCCCCCCCCCCCCCCCCCCCCCCCCCCCCCCCCCC(O)C(=O)NC(CO)C(O)C(O)CCCCCCCCCCCCCCCCCCCCCCCCCCCCC. The molecule has 0 aromatic rings. The van der Waals surface area contributed by atoms with Crippen molar-refractivity contribution in [3.8, 4) is 0 Å². The smallest absolute Gasteiger partial charge is 0.249 e. The first-order valence-corrected chi connectivity index (χ1v) is 37.9. The highest BCUT2D eigenvalue weighted by molar-refractivity contribution is 5.80. The van der Waals surface area contributed by atoms with Gasteiger partial charge in [0.2, 0.25) is 5.91 Å². The van der Waals surface area contributed by atoms with Gasteiger partial charge in [-0.1, -0.05) is 431 Å². The van der Waals surface area contributed by atoms with E-state index in [-0.39, 0.29) is 0 Å². The average molecular weight is 1150 g/mol. The lowest BCUT2D eigenvalue weighted by Crippen LogP contribution is -2.53. The molecular weight excluding hydrogens is 995 g/mol. The van der Waals surface area contributed by atoms with Gasteiger partial charge in [-0.2, -0.15) is 0 Å². The maximum absolute atomic E-state index is 12.7. The van der Waals surface area contributed by atoms with E-state index in [4.69, 9.17) is 0 Å². The quantitative estimate of drug-likeness (QED) is 0.0390. The maximum Gasteiger partial charge on any atom is 0.249 e. The number of rotatable bonds is 72. The Morgan fingerprint density at radius 1 is 0.259 bits per heavy atom. The molecule has 81 heavy (non-hydrogen) atoms. The van der Waals surface area contributed by atoms with Crippen molar-refractivity contribution in [1.29, 1.82) is 0 Å². The number of aliphatic hydroxyl groups is 4. The molecule has 0 aromatic carbocycles. The number of carbonyl (C=O) groups is 1. The highest BCUT2D eigenvalue weighted by Gasteiger charge is 2.29. The first-order chi connectivity index (χ1) is 40.0. The molecule has 0 radical (unpaired) electrons. The number of unbranched alkanes of at least 4 members (excludes halogenated alkanes) is 63. The number of nitrogens with one attached hydrogen (secondary N) is 1. The van der Waals surface area contributed by atoms with Gasteiger partial charge in [-0.3, -0.25) is 4.79 Å². The van der Waals surface area contributed by atoms with Gasteiger partial charge in [0.15, 0.2) is 0 Å². The van der Waals surface area contributed by atoms with Crippen molar-refractivity contribution in [2.45, 2.75) is 468 Å². The van der Waals surface area contributed by atoms with E-state index in [1.807, 2.05) is 0 Å². The second kappa shape index (κ2) is 70.1. The Bertz CT molecular complexity index is 1150. The van der Waals surface area contributed by atoms with E-state index >= 15 is 0 Å². The van der Waals surface area contributed by atoms with Crippen LogP contribution in [0.15, 0.2) is 0 Å². The summed E-state index contributed by atoms with van der Waals surface area (Å²) < 4.78 is 0. The van der Waals surface area contributed by atoms with Gasteiger partial charge >= 0.3 is 0 Å². The van der Waals surface area contributed by atoms with Gasteiger partial charge in [0.25, 0.3) is 0 Å². The second-order valence-corrected chi connectivity index (χ2v) is 26.7. The van der Waals surface area contributed by atoms with Crippen LogP contribution in [0, 0.1) is 0 Å². The molecule has 0 aliphatic heterocycles. The van der Waals surface area contributed by atoms with Crippen molar-refractivity contribution in [3.63, 3.8) is 0 Å². The first kappa shape index (κ1) is 80.3. The summed E-state index contributed by atoms with van der Waals surface area (Å²) in [4.78, 5) is 12.7. The fourth-order valence-corrected chi connectivity index (χ4v) is 12.7. The van der Waals surface area contributed by atoms with E-state index in [0.29, 0.717) is 12.8 Å². The molecule has 1 amide bonds. The largest absolute Gasteiger partial charge is 0.394 e. The Morgan fingerprint density at radius 3 is 0.593 bits per heavy atom. The summed E-state index contributed by atoms with van der Waals surface area (Å²) in [5.41, 5.74) is 0. The molecule has 6 nitrogen and oxygen atoms in total. The van der Waals surface area contributed by atoms with Crippen LogP contribution < -0.4 is 5.32 Å². The lowest BCUT2D eigenvalue weighted by atomic mass is 9.99. The fourth-order valence-electron chi connectivity index (χ4n) is 12.7. The van der Waals surface area contributed by atoms with Crippen LogP contribution in [0.5, 0.6) is 0 Å². The molecular formula is C75H151NO5. The molecule has 5 N–H and O–H groups in total. The average Bonchev–Trinajstić information content (AvgIpc) is 3.47. The van der Waals surface area contributed by atoms with Crippen LogP contribution in [0.4, 0.5) is 0 Å². The van der Waals surface area contributed by atoms with E-state index in [1.165, 1.54) is 379 Å². The van der Waals surface area contributed by atoms with E-state index in [0.717, 1.165) is 38.5 Å². The van der Waals surface area contributed by atoms with Crippen LogP contribution >= 0.6 is 0 Å². The van der Waals surface area contributed by atoms with Gasteiger partial charge in [0, 0.05) is 0 Å². The molecule has 4 atom stereocenters. The minimum Gasteiger partial charge on any atom is -0.394 e. The third-order valence-corrected chi connectivity index (χ3v) is 18.6. The third kappa shape index (κ3) is 63.6. The Hall–Kier alpha value is -0.690. The van der Waals surface area contributed by atoms with Crippen molar-refractivity contribution >= 4 is 5.91 Å². The summed E-state index contributed by atoms with van der Waals surface area (Å²) in [5, 5.41) is 44.3. The van der Waals surface area contributed by atoms with Crippen LogP contribution in [-0.4, -0.2) is 57.3 Å². The summed E-state index contributed by atoms with van der Waals surface area (Å²) in [6.07, 6.45) is 86.9. The second-order valence-electron chi connectivity index (χ2n) is 26.7. The number of hydrogen-bond donors (Lipinski definition) is 5. The summed E-state index contributed by atoms with van der Waals surface area (Å²) in [6, 6.07) is -0.983. The number of amides is 1. The minimum atomic E-state index is -1.26. The molecule has 0 rings (SSSR count). The monoisotopic (exact) mass is 1150 g/mol. The molecule has 0 aromatic heterocycles. The van der Waals surface area contributed by atoms with Crippen LogP contribution in [0.1, 0.15) is 444 Å². The Labute approximate surface area is 509 Å². The standard InChI is InChI=1S/C75H151NO5/c1-3-5-7-9-11-13-15-17-19-21-23-25-27-29-31-32-33-34-35-36-37-38-39-40-41-43-45-47-49-51-53-55-57-59-61-63-65-67-69-73(79)75(81)76-71(70-77)74(80)72(78)68-66-64-62-60-58-56-54-52-50-48-46-44-42-30-28-26-24-22-20-18-16-14-12-10-8-6-4-2/h71-74,77-80H,3-70H2,1-2H3,(H,76,81). The molecule has 0 spiro atoms. The van der Waals surface area contributed by atoms with Crippen LogP contribution in [0.25, 0.3) is 0 Å². The van der Waals surface area contributed by atoms with Gasteiger partial charge in [-0.15, -0.1) is 0 Å². The van der Waals surface area contributed by atoms with E-state index in [2.05, 4.69) is 19.2 Å². The summed E-state index contributed by atoms with van der Waals surface area (Å²) in [6.45, 7) is 4.13. The number of hydrogen-bond acceptors (Lipinski definition) is 5. The normalized spacial score (nSPS) is 13.3. The van der Waals surface area contributed by atoms with Crippen molar-refractivity contribution in [1.82, 2.24) is 5.32 Å². The van der Waals surface area contributed by atoms with E-state index in [1.54, 1.807) is 0 Å². The number of aliphatic hydroxyl groups excluding tert-OH is 4. The Kier molecular flexibility index (Phi) is 69.5. The first-order valence-electron chi connectivity index (χ1n) is 37.9. The zero-order chi connectivity index (χ0) is 58.7. The molecule has 6 heteroatoms. The fraction of sp³-hybridized carbons (Fsp3) is 0.987. The van der Waals surface area contributed by atoms with Gasteiger partial charge in [-0.25, -0.2) is 0 Å². The Morgan fingerprint density at radius 2 is 0.420 bits per heavy atom. The maximum atomic E-state index is 12.7. The van der Waals surface area contributed by atoms with Crippen LogP contribution in [-0.2, 0) is 4.79 Å². The molecule has 4 unspecified atom stereocenters. The highest BCUT2D eigenvalue weighted by atomic mass is 16.3. The third-order valence-electron chi connectivity index (χ3n) is 18.6. The molecule has 0 bridgehead atoms. The molecule has 0 aliphatic carbocycles. The molecule has 0 heterocycles. The van der Waals surface area contributed by atoms with Crippen LogP contribution in [0.2, 0.25) is 0 Å². The molecule has 0 saturated heterocycles. The highest BCUT2D eigenvalue weighted by Crippen LogP contribution is 2.21. The lowest BCUT2D eigenvalue weighted by Gasteiger charge is -2.27. The molecule has 486 valence electrons. The molecule has 0 aliphatic rings. The van der Waals surface area contributed by atoms with Crippen LogP contribution in [0.3, 0.4) is 0 Å². The minimum absolute atomic E-state index is 0.377. The topological polar surface area (TPSA) is 110 Å². The van der Waals surface area contributed by atoms with Gasteiger partial charge in [0.1, 0.15) is 12.2 Å². The summed E-state index contributed by atoms with van der Waals surface area (Å²) >= 11 is 0. The van der Waals surface area contributed by atoms with E-state index < -0.39 is 36.9 Å². The van der Waals surface area contributed by atoms with Gasteiger partial charge in [0.05, 0.1) is 18.8 Å². The van der Waals surface area contributed by atoms with Crippen molar-refractivity contribution in [2.24, 2.45) is 0 Å². The number of carbonyl (C=O) groups excluding carboxylic acids is 1. The summed E-state index contributed by atoms with van der Waals surface area (Å²) in [5.74, 6) is -0.572. The lowest BCUT2D eigenvalue weighted by molar-refractivity contribution is -0.132.